The highest BCUT2D eigenvalue weighted by Gasteiger charge is 2.26. The van der Waals surface area contributed by atoms with E-state index in [1.165, 1.54) is 17.6 Å². The molecule has 2 aromatic rings. The van der Waals surface area contributed by atoms with Gasteiger partial charge in [0, 0.05) is 43.3 Å². The van der Waals surface area contributed by atoms with E-state index in [1.807, 2.05) is 29.2 Å². The second-order valence-corrected chi connectivity index (χ2v) is 8.32. The number of aryl methyl sites for hydroxylation is 1. The molecular formula is C21H28ClN7O. The van der Waals surface area contributed by atoms with Crippen molar-refractivity contribution < 1.29 is 4.79 Å². The monoisotopic (exact) mass is 429 g/mol. The quantitative estimate of drug-likeness (QED) is 0.727. The molecule has 2 aliphatic rings. The lowest BCUT2D eigenvalue weighted by molar-refractivity contribution is -0.128. The number of amides is 1. The lowest BCUT2D eigenvalue weighted by Gasteiger charge is -2.40. The molecular weight excluding hydrogens is 402 g/mol. The molecule has 8 nitrogen and oxygen atoms in total. The van der Waals surface area contributed by atoms with E-state index in [0.717, 1.165) is 50.4 Å². The lowest BCUT2D eigenvalue weighted by Crippen LogP contribution is -2.53. The van der Waals surface area contributed by atoms with Crippen LogP contribution in [0.15, 0.2) is 24.3 Å². The van der Waals surface area contributed by atoms with Crippen molar-refractivity contribution in [1.82, 2.24) is 35.3 Å². The Bertz CT molecular complexity index is 899. The fourth-order valence-electron chi connectivity index (χ4n) is 4.16. The number of piperazine rings is 1. The smallest absolute Gasteiger partial charge is 0.246 e. The fraction of sp³-hybridized carbons (Fsp3) is 0.524. The van der Waals surface area contributed by atoms with Crippen LogP contribution >= 0.6 is 11.6 Å². The number of nitrogens with one attached hydrogen (secondary N) is 1. The Kier molecular flexibility index (Phi) is 6.76. The van der Waals surface area contributed by atoms with Crippen molar-refractivity contribution in [2.45, 2.75) is 32.4 Å². The Morgan fingerprint density at radius 1 is 1.23 bits per heavy atom. The number of tetrazole rings is 1. The number of rotatable bonds is 5. The molecule has 3 heterocycles. The molecule has 1 amide bonds. The van der Waals surface area contributed by atoms with Crippen LogP contribution in [0.3, 0.4) is 0 Å². The van der Waals surface area contributed by atoms with Crippen LogP contribution < -0.4 is 5.32 Å². The number of benzene rings is 1. The Labute approximate surface area is 181 Å². The topological polar surface area (TPSA) is 79.2 Å². The van der Waals surface area contributed by atoms with Crippen molar-refractivity contribution >= 4 is 23.6 Å². The van der Waals surface area contributed by atoms with Gasteiger partial charge in [-0.25, -0.2) is 0 Å². The molecule has 9 heteroatoms. The minimum Gasteiger partial charge on any atom is -0.337 e. The SMILES string of the molecule is Cc1nnn(Cc2cc(Cl)ccc2/C=C/C(=O)N2CCN(C3CCNCC3)CC2)n1. The Morgan fingerprint density at radius 3 is 2.70 bits per heavy atom. The fourth-order valence-corrected chi connectivity index (χ4v) is 4.36. The molecule has 160 valence electrons. The van der Waals surface area contributed by atoms with Crippen molar-refractivity contribution in [3.8, 4) is 0 Å². The summed E-state index contributed by atoms with van der Waals surface area (Å²) in [5.74, 6) is 0.670. The van der Waals surface area contributed by atoms with Gasteiger partial charge in [-0.15, -0.1) is 10.2 Å². The molecule has 0 aliphatic carbocycles. The maximum Gasteiger partial charge on any atom is 0.246 e. The van der Waals surface area contributed by atoms with Crippen LogP contribution in [-0.2, 0) is 11.3 Å². The number of halogens is 1. The first kappa shape index (κ1) is 21.0. The van der Waals surface area contributed by atoms with Gasteiger partial charge in [-0.1, -0.05) is 17.7 Å². The summed E-state index contributed by atoms with van der Waals surface area (Å²) >= 11 is 6.18. The van der Waals surface area contributed by atoms with E-state index in [9.17, 15) is 4.79 Å². The van der Waals surface area contributed by atoms with Crippen molar-refractivity contribution in [1.29, 1.82) is 0 Å². The predicted molar refractivity (Wildman–Crippen MR) is 116 cm³/mol. The van der Waals surface area contributed by atoms with Crippen LogP contribution in [-0.4, -0.2) is 81.2 Å². The minimum absolute atomic E-state index is 0.0515. The highest BCUT2D eigenvalue weighted by molar-refractivity contribution is 6.30. The zero-order valence-electron chi connectivity index (χ0n) is 17.3. The van der Waals surface area contributed by atoms with Crippen molar-refractivity contribution in [3.63, 3.8) is 0 Å². The van der Waals surface area contributed by atoms with Crippen LogP contribution in [0.5, 0.6) is 0 Å². The maximum atomic E-state index is 12.7. The summed E-state index contributed by atoms with van der Waals surface area (Å²) < 4.78 is 0. The first-order chi connectivity index (χ1) is 14.6. The summed E-state index contributed by atoms with van der Waals surface area (Å²) in [6, 6.07) is 6.28. The van der Waals surface area contributed by atoms with Crippen LogP contribution in [0.4, 0.5) is 0 Å². The van der Waals surface area contributed by atoms with Gasteiger partial charge in [0.05, 0.1) is 6.54 Å². The Hall–Kier alpha value is -2.29. The first-order valence-corrected chi connectivity index (χ1v) is 10.9. The summed E-state index contributed by atoms with van der Waals surface area (Å²) in [5.41, 5.74) is 1.87. The van der Waals surface area contributed by atoms with Crippen LogP contribution in [0.25, 0.3) is 6.08 Å². The van der Waals surface area contributed by atoms with Crippen LogP contribution in [0.1, 0.15) is 29.8 Å². The number of carbonyl (C=O) groups is 1. The molecule has 2 saturated heterocycles. The zero-order chi connectivity index (χ0) is 20.9. The number of nitrogens with zero attached hydrogens (tertiary/aromatic N) is 6. The van der Waals surface area contributed by atoms with Crippen LogP contribution in [0, 0.1) is 6.92 Å². The van der Waals surface area contributed by atoms with Gasteiger partial charge in [0.25, 0.3) is 0 Å². The second kappa shape index (κ2) is 9.68. The van der Waals surface area contributed by atoms with E-state index in [2.05, 4.69) is 25.6 Å². The van der Waals surface area contributed by atoms with Crippen LogP contribution in [0.2, 0.25) is 5.02 Å². The number of hydrogen-bond acceptors (Lipinski definition) is 6. The number of hydrogen-bond donors (Lipinski definition) is 1. The molecule has 2 aliphatic heterocycles. The van der Waals surface area contributed by atoms with E-state index < -0.39 is 0 Å². The molecule has 2 fully saturated rings. The van der Waals surface area contributed by atoms with E-state index in [4.69, 9.17) is 11.6 Å². The van der Waals surface area contributed by atoms with Gasteiger partial charge < -0.3 is 10.2 Å². The molecule has 0 bridgehead atoms. The maximum absolute atomic E-state index is 12.7. The standard InChI is InChI=1S/C21H28ClN7O/c1-16-24-26-29(25-16)15-18-14-19(22)4-2-17(18)3-5-21(30)28-12-10-27(11-13-28)20-6-8-23-9-7-20/h2-5,14,20,23H,6-13,15H2,1H3/b5-3+. The number of piperidine rings is 1. The number of carbonyl (C=O) groups excluding carboxylic acids is 1. The lowest BCUT2D eigenvalue weighted by atomic mass is 10.0. The average Bonchev–Trinajstić information content (AvgIpc) is 3.18. The molecule has 0 radical (unpaired) electrons. The third kappa shape index (κ3) is 5.24. The van der Waals surface area contributed by atoms with E-state index in [1.54, 1.807) is 13.0 Å². The first-order valence-electron chi connectivity index (χ1n) is 10.5. The summed E-state index contributed by atoms with van der Waals surface area (Å²) in [6.45, 7) is 7.91. The van der Waals surface area contributed by atoms with Gasteiger partial charge in [-0.3, -0.25) is 9.69 Å². The average molecular weight is 430 g/mol. The minimum atomic E-state index is 0.0515. The molecule has 1 N–H and O–H groups in total. The van der Waals surface area contributed by atoms with Gasteiger partial charge in [-0.05, 0) is 67.4 Å². The highest BCUT2D eigenvalue weighted by Crippen LogP contribution is 2.19. The van der Waals surface area contributed by atoms with E-state index in [0.29, 0.717) is 23.4 Å². The van der Waals surface area contributed by atoms with Crippen molar-refractivity contribution in [2.75, 3.05) is 39.3 Å². The van der Waals surface area contributed by atoms with E-state index >= 15 is 0 Å². The molecule has 30 heavy (non-hydrogen) atoms. The third-order valence-electron chi connectivity index (χ3n) is 5.83. The largest absolute Gasteiger partial charge is 0.337 e. The summed E-state index contributed by atoms with van der Waals surface area (Å²) in [4.78, 5) is 18.7. The number of aromatic nitrogens is 4. The summed E-state index contributed by atoms with van der Waals surface area (Å²) in [7, 11) is 0. The van der Waals surface area contributed by atoms with Crippen molar-refractivity contribution in [3.05, 3.63) is 46.2 Å². The molecule has 0 atom stereocenters. The summed E-state index contributed by atoms with van der Waals surface area (Å²) in [6.07, 6.45) is 5.92. The second-order valence-electron chi connectivity index (χ2n) is 7.89. The molecule has 4 rings (SSSR count). The molecule has 1 aromatic carbocycles. The molecule has 0 saturated carbocycles. The highest BCUT2D eigenvalue weighted by atomic mass is 35.5. The predicted octanol–water partition coefficient (Wildman–Crippen LogP) is 1.59. The van der Waals surface area contributed by atoms with Crippen molar-refractivity contribution in [2.24, 2.45) is 0 Å². The van der Waals surface area contributed by atoms with Gasteiger partial charge >= 0.3 is 0 Å². The summed E-state index contributed by atoms with van der Waals surface area (Å²) in [5, 5.41) is 16.2. The normalized spacial score (nSPS) is 18.9. The van der Waals surface area contributed by atoms with Gasteiger partial charge in [-0.2, -0.15) is 4.80 Å². The molecule has 1 aromatic heterocycles. The Balaban J connectivity index is 1.37. The zero-order valence-corrected chi connectivity index (χ0v) is 18.1. The Morgan fingerprint density at radius 2 is 2.00 bits per heavy atom. The third-order valence-corrected chi connectivity index (χ3v) is 6.06. The van der Waals surface area contributed by atoms with Gasteiger partial charge in [0.1, 0.15) is 0 Å². The molecule has 0 spiro atoms. The van der Waals surface area contributed by atoms with E-state index in [-0.39, 0.29) is 5.91 Å². The van der Waals surface area contributed by atoms with Gasteiger partial charge in [0.2, 0.25) is 5.91 Å². The molecule has 0 unspecified atom stereocenters. The van der Waals surface area contributed by atoms with Gasteiger partial charge in [0.15, 0.2) is 5.82 Å².